The van der Waals surface area contributed by atoms with Crippen molar-refractivity contribution in [3.8, 4) is 5.75 Å². The Morgan fingerprint density at radius 2 is 2.07 bits per heavy atom. The van der Waals surface area contributed by atoms with E-state index in [-0.39, 0.29) is 11.9 Å². The van der Waals surface area contributed by atoms with Crippen LogP contribution in [0.15, 0.2) is 18.2 Å². The van der Waals surface area contributed by atoms with E-state index in [9.17, 15) is 4.39 Å². The minimum absolute atomic E-state index is 0.135. The van der Waals surface area contributed by atoms with Crippen LogP contribution in [-0.4, -0.2) is 5.79 Å². The largest absolute Gasteiger partial charge is 0.463 e. The summed E-state index contributed by atoms with van der Waals surface area (Å²) in [6.07, 6.45) is -0.135. The first-order valence-corrected chi connectivity index (χ1v) is 4.64. The zero-order valence-electron chi connectivity index (χ0n) is 8.50. The SMILES string of the molecule is CC1OC(C)(C)Oc2ccc(F)cc21. The Bertz CT molecular complexity index is 360. The van der Waals surface area contributed by atoms with Crippen molar-refractivity contribution in [2.24, 2.45) is 0 Å². The fourth-order valence-corrected chi connectivity index (χ4v) is 1.71. The molecule has 0 aliphatic carbocycles. The molecule has 1 heterocycles. The molecule has 1 aromatic carbocycles. The van der Waals surface area contributed by atoms with Crippen LogP contribution in [0.1, 0.15) is 32.4 Å². The van der Waals surface area contributed by atoms with Crippen molar-refractivity contribution in [3.05, 3.63) is 29.6 Å². The summed E-state index contributed by atoms with van der Waals surface area (Å²) in [6, 6.07) is 4.49. The van der Waals surface area contributed by atoms with Gasteiger partial charge in [0, 0.05) is 19.4 Å². The highest BCUT2D eigenvalue weighted by Crippen LogP contribution is 2.38. The summed E-state index contributed by atoms with van der Waals surface area (Å²) < 4.78 is 24.1. The third-order valence-corrected chi connectivity index (χ3v) is 2.23. The molecule has 0 saturated carbocycles. The maximum absolute atomic E-state index is 12.9. The summed E-state index contributed by atoms with van der Waals surface area (Å²) >= 11 is 0. The molecule has 76 valence electrons. The zero-order chi connectivity index (χ0) is 10.3. The van der Waals surface area contributed by atoms with Crippen LogP contribution in [0.2, 0.25) is 0 Å². The second-order valence-electron chi connectivity index (χ2n) is 3.94. The van der Waals surface area contributed by atoms with Crippen LogP contribution in [0, 0.1) is 5.82 Å². The van der Waals surface area contributed by atoms with E-state index >= 15 is 0 Å². The van der Waals surface area contributed by atoms with Gasteiger partial charge >= 0.3 is 0 Å². The Morgan fingerprint density at radius 1 is 1.36 bits per heavy atom. The molecule has 0 bridgehead atoms. The Morgan fingerprint density at radius 3 is 2.79 bits per heavy atom. The summed E-state index contributed by atoms with van der Waals surface area (Å²) in [5.74, 6) is -0.192. The van der Waals surface area contributed by atoms with Gasteiger partial charge in [-0.1, -0.05) is 0 Å². The van der Waals surface area contributed by atoms with Gasteiger partial charge in [-0.2, -0.15) is 0 Å². The van der Waals surface area contributed by atoms with Gasteiger partial charge in [0.1, 0.15) is 11.6 Å². The van der Waals surface area contributed by atoms with Crippen LogP contribution < -0.4 is 4.74 Å². The number of fused-ring (bicyclic) bond motifs is 1. The molecule has 1 aliphatic rings. The first-order chi connectivity index (χ1) is 6.48. The van der Waals surface area contributed by atoms with Crippen LogP contribution in [0.5, 0.6) is 5.75 Å². The molecular weight excluding hydrogens is 183 g/mol. The lowest BCUT2D eigenvalue weighted by atomic mass is 10.1. The van der Waals surface area contributed by atoms with Crippen LogP contribution in [0.25, 0.3) is 0 Å². The average Bonchev–Trinajstić information content (AvgIpc) is 2.05. The van der Waals surface area contributed by atoms with Crippen LogP contribution in [0.3, 0.4) is 0 Å². The number of benzene rings is 1. The second kappa shape index (κ2) is 2.95. The molecule has 0 fully saturated rings. The van der Waals surface area contributed by atoms with Crippen LogP contribution >= 0.6 is 0 Å². The van der Waals surface area contributed by atoms with E-state index in [0.717, 1.165) is 5.56 Å². The Balaban J connectivity index is 2.45. The van der Waals surface area contributed by atoms with Crippen molar-refractivity contribution < 1.29 is 13.9 Å². The van der Waals surface area contributed by atoms with Gasteiger partial charge < -0.3 is 9.47 Å². The number of halogens is 1. The highest BCUT2D eigenvalue weighted by Gasteiger charge is 2.31. The molecule has 0 N–H and O–H groups in total. The predicted molar refractivity (Wildman–Crippen MR) is 50.6 cm³/mol. The van der Waals surface area contributed by atoms with Crippen molar-refractivity contribution in [2.75, 3.05) is 0 Å². The first-order valence-electron chi connectivity index (χ1n) is 4.64. The summed E-state index contributed by atoms with van der Waals surface area (Å²) in [5.41, 5.74) is 0.768. The number of hydrogen-bond donors (Lipinski definition) is 0. The molecule has 1 atom stereocenters. The third-order valence-electron chi connectivity index (χ3n) is 2.23. The van der Waals surface area contributed by atoms with Gasteiger partial charge in [-0.15, -0.1) is 0 Å². The topological polar surface area (TPSA) is 18.5 Å². The van der Waals surface area contributed by atoms with E-state index in [4.69, 9.17) is 9.47 Å². The van der Waals surface area contributed by atoms with E-state index < -0.39 is 5.79 Å². The molecule has 1 aromatic rings. The van der Waals surface area contributed by atoms with Gasteiger partial charge in [-0.25, -0.2) is 4.39 Å². The molecule has 1 unspecified atom stereocenters. The monoisotopic (exact) mass is 196 g/mol. The highest BCUT2D eigenvalue weighted by atomic mass is 19.1. The number of rotatable bonds is 0. The lowest BCUT2D eigenvalue weighted by Crippen LogP contribution is -2.36. The van der Waals surface area contributed by atoms with Gasteiger partial charge in [0.25, 0.3) is 0 Å². The maximum atomic E-state index is 12.9. The fourth-order valence-electron chi connectivity index (χ4n) is 1.71. The van der Waals surface area contributed by atoms with E-state index in [0.29, 0.717) is 5.75 Å². The average molecular weight is 196 g/mol. The van der Waals surface area contributed by atoms with Crippen LogP contribution in [-0.2, 0) is 4.74 Å². The van der Waals surface area contributed by atoms with E-state index in [2.05, 4.69) is 0 Å². The van der Waals surface area contributed by atoms with Gasteiger partial charge in [0.05, 0.1) is 6.10 Å². The quantitative estimate of drug-likeness (QED) is 0.635. The van der Waals surface area contributed by atoms with Crippen molar-refractivity contribution in [3.63, 3.8) is 0 Å². The number of hydrogen-bond acceptors (Lipinski definition) is 2. The highest BCUT2D eigenvalue weighted by molar-refractivity contribution is 5.37. The lowest BCUT2D eigenvalue weighted by molar-refractivity contribution is -0.202. The Hall–Kier alpha value is -1.09. The van der Waals surface area contributed by atoms with Crippen LogP contribution in [0.4, 0.5) is 4.39 Å². The second-order valence-corrected chi connectivity index (χ2v) is 3.94. The predicted octanol–water partition coefficient (Wildman–Crippen LogP) is 3.03. The fraction of sp³-hybridized carbons (Fsp3) is 0.455. The van der Waals surface area contributed by atoms with E-state index in [1.165, 1.54) is 12.1 Å². The first kappa shape index (κ1) is 9.46. The lowest BCUT2D eigenvalue weighted by Gasteiger charge is -2.36. The molecule has 0 amide bonds. The minimum atomic E-state index is -0.635. The van der Waals surface area contributed by atoms with Crippen molar-refractivity contribution in [1.29, 1.82) is 0 Å². The smallest absolute Gasteiger partial charge is 0.205 e. The molecule has 0 spiro atoms. The molecule has 0 radical (unpaired) electrons. The van der Waals surface area contributed by atoms with Gasteiger partial charge in [-0.3, -0.25) is 0 Å². The summed E-state index contributed by atoms with van der Waals surface area (Å²) in [4.78, 5) is 0. The minimum Gasteiger partial charge on any atom is -0.463 e. The molecule has 2 nitrogen and oxygen atoms in total. The molecule has 2 rings (SSSR count). The maximum Gasteiger partial charge on any atom is 0.205 e. The van der Waals surface area contributed by atoms with Gasteiger partial charge in [0.2, 0.25) is 5.79 Å². The van der Waals surface area contributed by atoms with Gasteiger partial charge in [-0.05, 0) is 25.1 Å². The molecule has 0 saturated heterocycles. The van der Waals surface area contributed by atoms with E-state index in [1.807, 2.05) is 20.8 Å². The van der Waals surface area contributed by atoms with Crippen molar-refractivity contribution >= 4 is 0 Å². The molecule has 3 heteroatoms. The summed E-state index contributed by atoms with van der Waals surface area (Å²) in [6.45, 7) is 5.58. The summed E-state index contributed by atoms with van der Waals surface area (Å²) in [5, 5.41) is 0. The molecule has 14 heavy (non-hydrogen) atoms. The Kier molecular flexibility index (Phi) is 2.00. The number of ether oxygens (including phenoxy) is 2. The molecular formula is C11H13FO2. The van der Waals surface area contributed by atoms with E-state index in [1.54, 1.807) is 6.07 Å². The molecule has 1 aliphatic heterocycles. The van der Waals surface area contributed by atoms with Crippen molar-refractivity contribution in [1.82, 2.24) is 0 Å². The molecule has 0 aromatic heterocycles. The normalized spacial score (nSPS) is 23.9. The van der Waals surface area contributed by atoms with Gasteiger partial charge in [0.15, 0.2) is 0 Å². The summed E-state index contributed by atoms with van der Waals surface area (Å²) in [7, 11) is 0. The Labute approximate surface area is 82.6 Å². The zero-order valence-corrected chi connectivity index (χ0v) is 8.50. The van der Waals surface area contributed by atoms with Crippen molar-refractivity contribution in [2.45, 2.75) is 32.7 Å². The standard InChI is InChI=1S/C11H13FO2/c1-7-9-6-8(12)4-5-10(9)14-11(2,3)13-7/h4-7H,1-3H3. The third kappa shape index (κ3) is 1.60.